The molecular formula is C17H24ClN3O2. The first-order valence-corrected chi connectivity index (χ1v) is 8.31. The molecule has 2 amide bonds. The highest BCUT2D eigenvalue weighted by Gasteiger charge is 2.40. The number of halogens is 1. The molecule has 1 aromatic carbocycles. The summed E-state index contributed by atoms with van der Waals surface area (Å²) in [6, 6.07) is 7.01. The second kappa shape index (κ2) is 7.32. The molecule has 1 aliphatic rings. The summed E-state index contributed by atoms with van der Waals surface area (Å²) in [5.41, 5.74) is -0.607. The topological polar surface area (TPSA) is 52.7 Å². The van der Waals surface area contributed by atoms with Crippen molar-refractivity contribution in [2.45, 2.75) is 20.8 Å². The van der Waals surface area contributed by atoms with Gasteiger partial charge in [-0.2, -0.15) is 0 Å². The SMILES string of the molecule is CCN1CCN(C(=O)C(C)(C)C(=O)Nc2ccccc2Cl)CC1. The Kier molecular flexibility index (Phi) is 5.65. The Balaban J connectivity index is 2.03. The fraction of sp³-hybridized carbons (Fsp3) is 0.529. The normalized spacial score (nSPS) is 16.3. The predicted octanol–water partition coefficient (Wildman–Crippen LogP) is 2.47. The van der Waals surface area contributed by atoms with Gasteiger partial charge < -0.3 is 15.1 Å². The van der Waals surface area contributed by atoms with Gasteiger partial charge in [0, 0.05) is 26.2 Å². The number of rotatable bonds is 4. The highest BCUT2D eigenvalue weighted by molar-refractivity contribution is 6.33. The molecule has 0 aromatic heterocycles. The van der Waals surface area contributed by atoms with Gasteiger partial charge in [0.05, 0.1) is 10.7 Å². The third-order valence-corrected chi connectivity index (χ3v) is 4.66. The van der Waals surface area contributed by atoms with Crippen molar-refractivity contribution in [2.24, 2.45) is 5.41 Å². The number of hydrogen-bond acceptors (Lipinski definition) is 3. The van der Waals surface area contributed by atoms with Gasteiger partial charge in [0.1, 0.15) is 5.41 Å². The minimum absolute atomic E-state index is 0.141. The predicted molar refractivity (Wildman–Crippen MR) is 92.6 cm³/mol. The van der Waals surface area contributed by atoms with E-state index >= 15 is 0 Å². The van der Waals surface area contributed by atoms with E-state index in [1.54, 1.807) is 43.0 Å². The van der Waals surface area contributed by atoms with Crippen LogP contribution in [-0.4, -0.2) is 54.3 Å². The summed E-state index contributed by atoms with van der Waals surface area (Å²) in [7, 11) is 0. The van der Waals surface area contributed by atoms with E-state index in [0.29, 0.717) is 23.8 Å². The Bertz CT molecular complexity index is 581. The quantitative estimate of drug-likeness (QED) is 0.859. The highest BCUT2D eigenvalue weighted by atomic mass is 35.5. The van der Waals surface area contributed by atoms with Crippen LogP contribution < -0.4 is 5.32 Å². The Morgan fingerprint density at radius 1 is 1.17 bits per heavy atom. The van der Waals surface area contributed by atoms with Gasteiger partial charge in [-0.15, -0.1) is 0 Å². The Hall–Kier alpha value is -1.59. The standard InChI is InChI=1S/C17H24ClN3O2/c1-4-20-9-11-21(12-10-20)16(23)17(2,3)15(22)19-14-8-6-5-7-13(14)18/h5-8H,4,9-12H2,1-3H3,(H,19,22). The van der Waals surface area contributed by atoms with Gasteiger partial charge in [0.25, 0.3) is 0 Å². The van der Waals surface area contributed by atoms with Crippen molar-refractivity contribution in [3.63, 3.8) is 0 Å². The van der Waals surface area contributed by atoms with E-state index in [4.69, 9.17) is 11.6 Å². The molecule has 1 aliphatic heterocycles. The van der Waals surface area contributed by atoms with Crippen LogP contribution in [-0.2, 0) is 9.59 Å². The Labute approximate surface area is 142 Å². The molecule has 0 aliphatic carbocycles. The van der Waals surface area contributed by atoms with E-state index in [1.165, 1.54) is 0 Å². The monoisotopic (exact) mass is 337 g/mol. The molecule has 1 N–H and O–H groups in total. The summed E-state index contributed by atoms with van der Waals surface area (Å²) in [5.74, 6) is -0.480. The number of piperazine rings is 1. The zero-order chi connectivity index (χ0) is 17.0. The molecule has 23 heavy (non-hydrogen) atoms. The lowest BCUT2D eigenvalue weighted by Gasteiger charge is -2.37. The molecule has 1 fully saturated rings. The largest absolute Gasteiger partial charge is 0.339 e. The maximum atomic E-state index is 12.7. The van der Waals surface area contributed by atoms with E-state index in [2.05, 4.69) is 17.1 Å². The van der Waals surface area contributed by atoms with Crippen LogP contribution in [0.1, 0.15) is 20.8 Å². The fourth-order valence-electron chi connectivity index (χ4n) is 2.60. The second-order valence-corrected chi connectivity index (χ2v) is 6.69. The van der Waals surface area contributed by atoms with Crippen LogP contribution in [0.5, 0.6) is 0 Å². The molecule has 2 rings (SSSR count). The van der Waals surface area contributed by atoms with Crippen molar-refractivity contribution in [2.75, 3.05) is 38.0 Å². The number of carbonyl (C=O) groups is 2. The number of benzene rings is 1. The van der Waals surface area contributed by atoms with Crippen molar-refractivity contribution < 1.29 is 9.59 Å². The van der Waals surface area contributed by atoms with Crippen LogP contribution in [0.3, 0.4) is 0 Å². The highest BCUT2D eigenvalue weighted by Crippen LogP contribution is 2.26. The number of likely N-dealkylation sites (N-methyl/N-ethyl adjacent to an activating group) is 1. The first kappa shape index (κ1) is 17.8. The number of carbonyl (C=O) groups excluding carboxylic acids is 2. The molecule has 5 nitrogen and oxygen atoms in total. The third-order valence-electron chi connectivity index (χ3n) is 4.33. The van der Waals surface area contributed by atoms with Crippen molar-refractivity contribution in [3.05, 3.63) is 29.3 Å². The summed E-state index contributed by atoms with van der Waals surface area (Å²) in [4.78, 5) is 29.4. The summed E-state index contributed by atoms with van der Waals surface area (Å²) in [6.45, 7) is 9.44. The number of para-hydroxylation sites is 1. The number of amides is 2. The van der Waals surface area contributed by atoms with Crippen molar-refractivity contribution in [1.82, 2.24) is 9.80 Å². The molecule has 126 valence electrons. The lowest BCUT2D eigenvalue weighted by Crippen LogP contribution is -2.54. The van der Waals surface area contributed by atoms with Gasteiger partial charge in [0.15, 0.2) is 0 Å². The first-order valence-electron chi connectivity index (χ1n) is 7.94. The molecule has 0 saturated carbocycles. The number of hydrogen-bond donors (Lipinski definition) is 1. The van der Waals surface area contributed by atoms with Gasteiger partial charge >= 0.3 is 0 Å². The molecule has 0 radical (unpaired) electrons. The van der Waals surface area contributed by atoms with E-state index in [-0.39, 0.29) is 11.8 Å². The summed E-state index contributed by atoms with van der Waals surface area (Å²) >= 11 is 6.06. The lowest BCUT2D eigenvalue weighted by molar-refractivity contribution is -0.147. The summed E-state index contributed by atoms with van der Waals surface area (Å²) in [6.07, 6.45) is 0. The average molecular weight is 338 g/mol. The van der Waals surface area contributed by atoms with Gasteiger partial charge in [-0.3, -0.25) is 9.59 Å². The first-order chi connectivity index (χ1) is 10.9. The minimum Gasteiger partial charge on any atom is -0.339 e. The van der Waals surface area contributed by atoms with E-state index in [0.717, 1.165) is 19.6 Å². The van der Waals surface area contributed by atoms with Crippen molar-refractivity contribution in [3.8, 4) is 0 Å². The molecule has 6 heteroatoms. The molecule has 1 saturated heterocycles. The smallest absolute Gasteiger partial charge is 0.239 e. The van der Waals surface area contributed by atoms with Crippen LogP contribution in [0.25, 0.3) is 0 Å². The average Bonchev–Trinajstić information content (AvgIpc) is 2.56. The summed E-state index contributed by atoms with van der Waals surface area (Å²) in [5, 5.41) is 3.22. The van der Waals surface area contributed by atoms with Crippen LogP contribution >= 0.6 is 11.6 Å². The third kappa shape index (κ3) is 4.03. The molecular weight excluding hydrogens is 314 g/mol. The number of anilines is 1. The lowest BCUT2D eigenvalue weighted by atomic mass is 9.89. The van der Waals surface area contributed by atoms with Crippen molar-refractivity contribution >= 4 is 29.1 Å². The Morgan fingerprint density at radius 2 is 1.78 bits per heavy atom. The fourth-order valence-corrected chi connectivity index (χ4v) is 2.78. The van der Waals surface area contributed by atoms with E-state index in [1.807, 2.05) is 0 Å². The number of nitrogens with one attached hydrogen (secondary N) is 1. The van der Waals surface area contributed by atoms with Gasteiger partial charge in [-0.05, 0) is 32.5 Å². The zero-order valence-electron chi connectivity index (χ0n) is 13.9. The maximum Gasteiger partial charge on any atom is 0.239 e. The van der Waals surface area contributed by atoms with Crippen LogP contribution in [0, 0.1) is 5.41 Å². The van der Waals surface area contributed by atoms with E-state index in [9.17, 15) is 9.59 Å². The molecule has 0 spiro atoms. The van der Waals surface area contributed by atoms with Crippen LogP contribution in [0.15, 0.2) is 24.3 Å². The zero-order valence-corrected chi connectivity index (χ0v) is 14.7. The van der Waals surface area contributed by atoms with Crippen LogP contribution in [0.4, 0.5) is 5.69 Å². The van der Waals surface area contributed by atoms with Crippen LogP contribution in [0.2, 0.25) is 5.02 Å². The van der Waals surface area contributed by atoms with Gasteiger partial charge in [-0.1, -0.05) is 30.7 Å². The molecule has 1 heterocycles. The minimum atomic E-state index is -1.13. The van der Waals surface area contributed by atoms with Gasteiger partial charge in [0.2, 0.25) is 11.8 Å². The summed E-state index contributed by atoms with van der Waals surface area (Å²) < 4.78 is 0. The van der Waals surface area contributed by atoms with Gasteiger partial charge in [-0.25, -0.2) is 0 Å². The second-order valence-electron chi connectivity index (χ2n) is 6.29. The molecule has 0 atom stereocenters. The van der Waals surface area contributed by atoms with E-state index < -0.39 is 5.41 Å². The van der Waals surface area contributed by atoms with Crippen molar-refractivity contribution in [1.29, 1.82) is 0 Å². The number of nitrogens with zero attached hydrogens (tertiary/aromatic N) is 2. The molecule has 0 unspecified atom stereocenters. The molecule has 1 aromatic rings. The maximum absolute atomic E-state index is 12.7. The Morgan fingerprint density at radius 3 is 2.35 bits per heavy atom. The molecule has 0 bridgehead atoms.